The summed E-state index contributed by atoms with van der Waals surface area (Å²) < 4.78 is 15.2. The van der Waals surface area contributed by atoms with Crippen molar-refractivity contribution in [3.05, 3.63) is 51.6 Å². The molecule has 1 N–H and O–H groups in total. The van der Waals surface area contributed by atoms with Gasteiger partial charge in [-0.2, -0.15) is 4.39 Å². The number of aliphatic hydroxyl groups excluding tert-OH is 1. The number of rotatable bonds is 5. The average Bonchev–Trinajstić information content (AvgIpc) is 2.88. The standard InChI is InChI=1S/C12H13FN4O3/c1-2-11(18)9-7-16(15-14-9)6-8-4-3-5-10(12(8)13)17(19)20/h3-5,7,11,18H,2,6H2,1H3. The van der Waals surface area contributed by atoms with Crippen LogP contribution in [0, 0.1) is 15.9 Å². The maximum absolute atomic E-state index is 13.9. The van der Waals surface area contributed by atoms with Crippen LogP contribution >= 0.6 is 0 Å². The minimum Gasteiger partial charge on any atom is -0.387 e. The average molecular weight is 280 g/mol. The predicted molar refractivity (Wildman–Crippen MR) is 67.4 cm³/mol. The van der Waals surface area contributed by atoms with Gasteiger partial charge in [0, 0.05) is 11.6 Å². The molecule has 8 heteroatoms. The van der Waals surface area contributed by atoms with Crippen molar-refractivity contribution in [2.45, 2.75) is 26.0 Å². The number of aliphatic hydroxyl groups is 1. The fourth-order valence-electron chi connectivity index (χ4n) is 1.76. The number of nitrogens with zero attached hydrogens (tertiary/aromatic N) is 4. The molecule has 0 amide bonds. The number of hydrogen-bond acceptors (Lipinski definition) is 5. The van der Waals surface area contributed by atoms with E-state index in [1.54, 1.807) is 6.92 Å². The lowest BCUT2D eigenvalue weighted by Crippen LogP contribution is -2.04. The van der Waals surface area contributed by atoms with Gasteiger partial charge in [-0.25, -0.2) is 4.68 Å². The third-order valence-electron chi connectivity index (χ3n) is 2.87. The Hall–Kier alpha value is -2.35. The molecule has 0 aliphatic carbocycles. The van der Waals surface area contributed by atoms with Gasteiger partial charge >= 0.3 is 5.69 Å². The van der Waals surface area contributed by atoms with Gasteiger partial charge in [-0.3, -0.25) is 10.1 Å². The molecule has 0 aliphatic heterocycles. The van der Waals surface area contributed by atoms with Gasteiger partial charge in [-0.05, 0) is 6.42 Å². The maximum Gasteiger partial charge on any atom is 0.305 e. The highest BCUT2D eigenvalue weighted by Gasteiger charge is 2.18. The van der Waals surface area contributed by atoms with E-state index in [0.29, 0.717) is 12.1 Å². The predicted octanol–water partition coefficient (Wildman–Crippen LogP) is 1.82. The highest BCUT2D eigenvalue weighted by Crippen LogP contribution is 2.21. The van der Waals surface area contributed by atoms with Gasteiger partial charge in [0.25, 0.3) is 0 Å². The molecule has 0 spiro atoms. The second-order valence-corrected chi connectivity index (χ2v) is 4.27. The second kappa shape index (κ2) is 5.74. The molecule has 1 atom stereocenters. The van der Waals surface area contributed by atoms with Gasteiger partial charge in [0.1, 0.15) is 5.69 Å². The van der Waals surface area contributed by atoms with Crippen molar-refractivity contribution in [1.82, 2.24) is 15.0 Å². The zero-order chi connectivity index (χ0) is 14.7. The van der Waals surface area contributed by atoms with Crippen LogP contribution < -0.4 is 0 Å². The molecule has 20 heavy (non-hydrogen) atoms. The van der Waals surface area contributed by atoms with Crippen molar-refractivity contribution in [3.63, 3.8) is 0 Å². The Labute approximate surface area is 113 Å². The van der Waals surface area contributed by atoms with Gasteiger partial charge in [0.2, 0.25) is 5.82 Å². The van der Waals surface area contributed by atoms with E-state index in [9.17, 15) is 19.6 Å². The molecule has 2 aromatic rings. The Morgan fingerprint density at radius 2 is 2.30 bits per heavy atom. The fraction of sp³-hybridized carbons (Fsp3) is 0.333. The SMILES string of the molecule is CCC(O)c1cn(Cc2cccc([N+](=O)[O-])c2F)nn1. The van der Waals surface area contributed by atoms with Crippen molar-refractivity contribution in [1.29, 1.82) is 0 Å². The minimum atomic E-state index is -0.884. The lowest BCUT2D eigenvalue weighted by Gasteiger charge is -2.03. The summed E-state index contributed by atoms with van der Waals surface area (Å²) >= 11 is 0. The molecule has 0 saturated carbocycles. The van der Waals surface area contributed by atoms with Crippen molar-refractivity contribution in [3.8, 4) is 0 Å². The quantitative estimate of drug-likeness (QED) is 0.666. The van der Waals surface area contributed by atoms with Crippen molar-refractivity contribution in [2.75, 3.05) is 0 Å². The summed E-state index contributed by atoms with van der Waals surface area (Å²) in [7, 11) is 0. The molecule has 0 aliphatic rings. The molecule has 1 aromatic carbocycles. The number of benzene rings is 1. The summed E-state index contributed by atoms with van der Waals surface area (Å²) in [5.74, 6) is -0.884. The van der Waals surface area contributed by atoms with Crippen molar-refractivity contribution >= 4 is 5.69 Å². The molecule has 0 fully saturated rings. The first-order valence-electron chi connectivity index (χ1n) is 6.02. The van der Waals surface area contributed by atoms with E-state index < -0.39 is 22.5 Å². The number of nitro benzene ring substituents is 1. The monoisotopic (exact) mass is 280 g/mol. The number of aromatic nitrogens is 3. The Bertz CT molecular complexity index is 629. The summed E-state index contributed by atoms with van der Waals surface area (Å²) in [6.45, 7) is 1.81. The summed E-state index contributed by atoms with van der Waals surface area (Å²) in [5, 5.41) is 27.8. The van der Waals surface area contributed by atoms with E-state index in [0.717, 1.165) is 6.07 Å². The van der Waals surface area contributed by atoms with Crippen LogP contribution in [-0.2, 0) is 6.54 Å². The van der Waals surface area contributed by atoms with Gasteiger partial charge in [0.05, 0.1) is 23.8 Å². The van der Waals surface area contributed by atoms with Crippen LogP contribution in [0.5, 0.6) is 0 Å². The van der Waals surface area contributed by atoms with Crippen molar-refractivity contribution < 1.29 is 14.4 Å². The molecule has 1 aromatic heterocycles. The van der Waals surface area contributed by atoms with Crippen LogP contribution in [-0.4, -0.2) is 25.0 Å². The van der Waals surface area contributed by atoms with Crippen LogP contribution in [0.15, 0.2) is 24.4 Å². The smallest absolute Gasteiger partial charge is 0.305 e. The molecular formula is C12H13FN4O3. The molecule has 1 heterocycles. The third kappa shape index (κ3) is 2.80. The zero-order valence-electron chi connectivity index (χ0n) is 10.7. The maximum atomic E-state index is 13.9. The van der Waals surface area contributed by atoms with Crippen molar-refractivity contribution in [2.24, 2.45) is 0 Å². The normalized spacial score (nSPS) is 12.3. The van der Waals surface area contributed by atoms with Crippen LogP contribution in [0.3, 0.4) is 0 Å². The lowest BCUT2D eigenvalue weighted by molar-refractivity contribution is -0.387. The second-order valence-electron chi connectivity index (χ2n) is 4.27. The van der Waals surface area contributed by atoms with E-state index in [1.807, 2.05) is 0 Å². The Morgan fingerprint density at radius 1 is 1.55 bits per heavy atom. The zero-order valence-corrected chi connectivity index (χ0v) is 10.7. The minimum absolute atomic E-state index is 0.0109. The van der Waals surface area contributed by atoms with Crippen LogP contribution in [0.1, 0.15) is 30.7 Å². The molecular weight excluding hydrogens is 267 g/mol. The first-order valence-corrected chi connectivity index (χ1v) is 6.02. The first-order chi connectivity index (χ1) is 9.52. The summed E-state index contributed by atoms with van der Waals surface area (Å²) in [5.41, 5.74) is -0.0450. The highest BCUT2D eigenvalue weighted by molar-refractivity contribution is 5.36. The van der Waals surface area contributed by atoms with E-state index in [-0.39, 0.29) is 12.1 Å². The molecule has 0 radical (unpaired) electrons. The fourth-order valence-corrected chi connectivity index (χ4v) is 1.76. The number of nitro groups is 1. The third-order valence-corrected chi connectivity index (χ3v) is 2.87. The van der Waals surface area contributed by atoms with E-state index in [4.69, 9.17) is 0 Å². The van der Waals surface area contributed by atoms with Gasteiger partial charge in [-0.1, -0.05) is 24.3 Å². The number of halogens is 1. The first kappa shape index (κ1) is 14.1. The summed E-state index contributed by atoms with van der Waals surface area (Å²) in [4.78, 5) is 9.89. The Morgan fingerprint density at radius 3 is 2.95 bits per heavy atom. The number of hydrogen-bond donors (Lipinski definition) is 1. The summed E-state index contributed by atoms with van der Waals surface area (Å²) in [6, 6.07) is 3.96. The lowest BCUT2D eigenvalue weighted by atomic mass is 10.2. The molecule has 1 unspecified atom stereocenters. The van der Waals surface area contributed by atoms with Gasteiger partial charge < -0.3 is 5.11 Å². The highest BCUT2D eigenvalue weighted by atomic mass is 19.1. The van der Waals surface area contributed by atoms with E-state index in [1.165, 1.54) is 23.0 Å². The van der Waals surface area contributed by atoms with E-state index >= 15 is 0 Å². The summed E-state index contributed by atoms with van der Waals surface area (Å²) in [6.07, 6.45) is 1.26. The van der Waals surface area contributed by atoms with Crippen LogP contribution in [0.2, 0.25) is 0 Å². The molecule has 106 valence electrons. The van der Waals surface area contributed by atoms with Crippen LogP contribution in [0.25, 0.3) is 0 Å². The Kier molecular flexibility index (Phi) is 4.04. The van der Waals surface area contributed by atoms with Gasteiger partial charge in [-0.15, -0.1) is 5.10 Å². The molecule has 0 bridgehead atoms. The van der Waals surface area contributed by atoms with Crippen LogP contribution in [0.4, 0.5) is 10.1 Å². The van der Waals surface area contributed by atoms with Gasteiger partial charge in [0.15, 0.2) is 0 Å². The molecule has 0 saturated heterocycles. The Balaban J connectivity index is 2.24. The van der Waals surface area contributed by atoms with E-state index in [2.05, 4.69) is 10.3 Å². The largest absolute Gasteiger partial charge is 0.387 e. The molecule has 2 rings (SSSR count). The topological polar surface area (TPSA) is 94.1 Å². The molecule has 7 nitrogen and oxygen atoms in total.